The van der Waals surface area contributed by atoms with E-state index in [1.165, 1.54) is 12.8 Å². The van der Waals surface area contributed by atoms with E-state index in [1.54, 1.807) is 11.8 Å². The highest BCUT2D eigenvalue weighted by atomic mass is 32.2. The number of ether oxygens (including phenoxy) is 1. The van der Waals surface area contributed by atoms with E-state index >= 15 is 0 Å². The standard InChI is InChI=1S/C15H31NO3S/c1-12-4-6-14(7-5-12)19-9-13(17)8-16-10-15(2,18)11-20-3/h12-14,16-18H,4-11H2,1-3H3. The predicted molar refractivity (Wildman–Crippen MR) is 85.3 cm³/mol. The van der Waals surface area contributed by atoms with E-state index in [2.05, 4.69) is 12.2 Å². The molecule has 0 heterocycles. The Morgan fingerprint density at radius 3 is 2.60 bits per heavy atom. The van der Waals surface area contributed by atoms with Crippen LogP contribution < -0.4 is 5.32 Å². The van der Waals surface area contributed by atoms with Crippen LogP contribution in [-0.2, 0) is 4.74 Å². The van der Waals surface area contributed by atoms with Gasteiger partial charge in [0.15, 0.2) is 0 Å². The van der Waals surface area contributed by atoms with Crippen LogP contribution in [0, 0.1) is 5.92 Å². The van der Waals surface area contributed by atoms with Gasteiger partial charge in [0.1, 0.15) is 0 Å². The van der Waals surface area contributed by atoms with E-state index in [9.17, 15) is 10.2 Å². The Balaban J connectivity index is 2.07. The van der Waals surface area contributed by atoms with E-state index in [4.69, 9.17) is 4.74 Å². The normalized spacial score (nSPS) is 28.1. The summed E-state index contributed by atoms with van der Waals surface area (Å²) in [4.78, 5) is 0. The van der Waals surface area contributed by atoms with E-state index in [1.807, 2.05) is 13.2 Å². The fourth-order valence-electron chi connectivity index (χ4n) is 2.57. The van der Waals surface area contributed by atoms with Crippen LogP contribution in [0.4, 0.5) is 0 Å². The second-order valence-corrected chi connectivity index (χ2v) is 7.30. The van der Waals surface area contributed by atoms with Crippen molar-refractivity contribution < 1.29 is 14.9 Å². The van der Waals surface area contributed by atoms with Crippen molar-refractivity contribution in [3.63, 3.8) is 0 Å². The Morgan fingerprint density at radius 1 is 1.35 bits per heavy atom. The molecule has 20 heavy (non-hydrogen) atoms. The van der Waals surface area contributed by atoms with Gasteiger partial charge in [0.2, 0.25) is 0 Å². The van der Waals surface area contributed by atoms with Gasteiger partial charge in [-0.15, -0.1) is 0 Å². The monoisotopic (exact) mass is 305 g/mol. The topological polar surface area (TPSA) is 61.7 Å². The molecule has 0 amide bonds. The number of nitrogens with one attached hydrogen (secondary N) is 1. The van der Waals surface area contributed by atoms with Crippen molar-refractivity contribution in [1.82, 2.24) is 5.32 Å². The fraction of sp³-hybridized carbons (Fsp3) is 1.00. The summed E-state index contributed by atoms with van der Waals surface area (Å²) in [7, 11) is 0. The van der Waals surface area contributed by atoms with Gasteiger partial charge in [-0.3, -0.25) is 0 Å². The molecular weight excluding hydrogens is 274 g/mol. The SMILES string of the molecule is CSCC(C)(O)CNCC(O)COC1CCC(C)CC1. The molecule has 5 heteroatoms. The highest BCUT2D eigenvalue weighted by Crippen LogP contribution is 2.25. The molecule has 1 fully saturated rings. The summed E-state index contributed by atoms with van der Waals surface area (Å²) < 4.78 is 5.77. The molecule has 1 rings (SSSR count). The van der Waals surface area contributed by atoms with Gasteiger partial charge < -0.3 is 20.3 Å². The predicted octanol–water partition coefficient (Wildman–Crippen LogP) is 1.65. The number of thioether (sulfide) groups is 1. The van der Waals surface area contributed by atoms with Gasteiger partial charge >= 0.3 is 0 Å². The highest BCUT2D eigenvalue weighted by molar-refractivity contribution is 7.98. The number of aliphatic hydroxyl groups is 2. The van der Waals surface area contributed by atoms with Gasteiger partial charge in [-0.2, -0.15) is 11.8 Å². The lowest BCUT2D eigenvalue weighted by Gasteiger charge is -2.27. The van der Waals surface area contributed by atoms with Crippen LogP contribution in [-0.4, -0.2) is 59.7 Å². The van der Waals surface area contributed by atoms with Crippen LogP contribution in [0.1, 0.15) is 39.5 Å². The first-order valence-corrected chi connectivity index (χ1v) is 9.04. The Labute approximate surface area is 127 Å². The van der Waals surface area contributed by atoms with Crippen molar-refractivity contribution in [1.29, 1.82) is 0 Å². The highest BCUT2D eigenvalue weighted by Gasteiger charge is 2.21. The average molecular weight is 305 g/mol. The minimum atomic E-state index is -0.723. The largest absolute Gasteiger partial charge is 0.389 e. The summed E-state index contributed by atoms with van der Waals surface area (Å²) in [5.74, 6) is 1.51. The van der Waals surface area contributed by atoms with Crippen molar-refractivity contribution in [3.8, 4) is 0 Å². The van der Waals surface area contributed by atoms with Crippen LogP contribution in [0.3, 0.4) is 0 Å². The molecule has 3 N–H and O–H groups in total. The zero-order chi connectivity index (χ0) is 15.0. The maximum Gasteiger partial charge on any atom is 0.0897 e. The molecule has 0 aromatic carbocycles. The molecule has 0 aliphatic heterocycles. The van der Waals surface area contributed by atoms with Gasteiger partial charge in [0, 0.05) is 18.8 Å². The van der Waals surface area contributed by atoms with Crippen molar-refractivity contribution >= 4 is 11.8 Å². The Bertz CT molecular complexity index is 256. The number of hydrogen-bond acceptors (Lipinski definition) is 5. The molecule has 2 atom stereocenters. The van der Waals surface area contributed by atoms with Crippen molar-refractivity contribution in [2.75, 3.05) is 31.7 Å². The maximum absolute atomic E-state index is 9.99. The first-order valence-electron chi connectivity index (χ1n) is 7.64. The molecule has 4 nitrogen and oxygen atoms in total. The van der Waals surface area contributed by atoms with Crippen LogP contribution in [0.25, 0.3) is 0 Å². The van der Waals surface area contributed by atoms with Gasteiger partial charge in [-0.1, -0.05) is 6.92 Å². The van der Waals surface area contributed by atoms with Crippen LogP contribution in [0.5, 0.6) is 0 Å². The van der Waals surface area contributed by atoms with E-state index in [0.717, 1.165) is 18.8 Å². The lowest BCUT2D eigenvalue weighted by atomic mass is 9.89. The molecular formula is C15H31NO3S. The van der Waals surface area contributed by atoms with E-state index in [0.29, 0.717) is 31.6 Å². The molecule has 120 valence electrons. The molecule has 0 bridgehead atoms. The molecule has 0 saturated heterocycles. The second-order valence-electron chi connectivity index (χ2n) is 6.43. The molecule has 0 aromatic heterocycles. The first-order chi connectivity index (χ1) is 9.43. The molecule has 0 aromatic rings. The summed E-state index contributed by atoms with van der Waals surface area (Å²) >= 11 is 1.62. The third kappa shape index (κ3) is 7.84. The van der Waals surface area contributed by atoms with Crippen LogP contribution >= 0.6 is 11.8 Å². The third-order valence-corrected chi connectivity index (χ3v) is 4.74. The Hall–Kier alpha value is 0.190. The number of rotatable bonds is 9. The van der Waals surface area contributed by atoms with Gasteiger partial charge in [0.05, 0.1) is 24.4 Å². The molecule has 1 aliphatic rings. The number of hydrogen-bond donors (Lipinski definition) is 3. The smallest absolute Gasteiger partial charge is 0.0897 e. The van der Waals surface area contributed by atoms with Gasteiger partial charge in [0.25, 0.3) is 0 Å². The number of aliphatic hydroxyl groups excluding tert-OH is 1. The van der Waals surface area contributed by atoms with Gasteiger partial charge in [-0.25, -0.2) is 0 Å². The zero-order valence-corrected chi connectivity index (χ0v) is 13.9. The second kappa shape index (κ2) is 9.26. The van der Waals surface area contributed by atoms with Crippen LogP contribution in [0.2, 0.25) is 0 Å². The fourth-order valence-corrected chi connectivity index (χ4v) is 3.30. The Kier molecular flexibility index (Phi) is 8.44. The third-order valence-electron chi connectivity index (χ3n) is 3.83. The molecule has 2 unspecified atom stereocenters. The zero-order valence-electron chi connectivity index (χ0n) is 13.1. The van der Waals surface area contributed by atoms with Crippen LogP contribution in [0.15, 0.2) is 0 Å². The minimum absolute atomic E-state index is 0.320. The average Bonchev–Trinajstić information content (AvgIpc) is 2.37. The summed E-state index contributed by atoms with van der Waals surface area (Å²) in [6.07, 6.45) is 6.49. The first kappa shape index (κ1) is 18.2. The lowest BCUT2D eigenvalue weighted by Crippen LogP contribution is -2.43. The van der Waals surface area contributed by atoms with E-state index in [-0.39, 0.29) is 0 Å². The molecule has 0 radical (unpaired) electrons. The minimum Gasteiger partial charge on any atom is -0.389 e. The van der Waals surface area contributed by atoms with Crippen molar-refractivity contribution in [2.24, 2.45) is 5.92 Å². The summed E-state index contributed by atoms with van der Waals surface area (Å²) in [6.45, 7) is 5.44. The molecule has 1 saturated carbocycles. The van der Waals surface area contributed by atoms with E-state index < -0.39 is 11.7 Å². The van der Waals surface area contributed by atoms with Crippen molar-refractivity contribution in [3.05, 3.63) is 0 Å². The summed E-state index contributed by atoms with van der Waals surface area (Å²) in [6, 6.07) is 0. The Morgan fingerprint density at radius 2 is 2.00 bits per heavy atom. The molecule has 1 aliphatic carbocycles. The summed E-state index contributed by atoms with van der Waals surface area (Å²) in [5, 5.41) is 23.0. The quantitative estimate of drug-likeness (QED) is 0.604. The maximum atomic E-state index is 9.99. The van der Waals surface area contributed by atoms with Gasteiger partial charge in [-0.05, 0) is 44.8 Å². The van der Waals surface area contributed by atoms with Crippen molar-refractivity contribution in [2.45, 2.75) is 57.3 Å². The summed E-state index contributed by atoms with van der Waals surface area (Å²) in [5.41, 5.74) is -0.723. The molecule has 0 spiro atoms. The lowest BCUT2D eigenvalue weighted by molar-refractivity contribution is -0.0291.